The van der Waals surface area contributed by atoms with E-state index < -0.39 is 27.8 Å². The molecule has 0 unspecified atom stereocenters. The maximum Gasteiger partial charge on any atom is 0.307 e. The molecule has 2 aliphatic carbocycles. The first kappa shape index (κ1) is 17.6. The summed E-state index contributed by atoms with van der Waals surface area (Å²) in [5.41, 5.74) is 0.857. The molecule has 2 bridgehead atoms. The zero-order valence-electron chi connectivity index (χ0n) is 13.5. The molecule has 0 saturated heterocycles. The van der Waals surface area contributed by atoms with Crippen LogP contribution in [-0.4, -0.2) is 31.9 Å². The third-order valence-corrected chi connectivity index (χ3v) is 5.94. The third-order valence-electron chi connectivity index (χ3n) is 5.01. The van der Waals surface area contributed by atoms with Gasteiger partial charge in [0, 0.05) is 6.54 Å². The van der Waals surface area contributed by atoms with Crippen molar-refractivity contribution in [3.05, 3.63) is 42.0 Å². The van der Waals surface area contributed by atoms with Crippen LogP contribution in [0.2, 0.25) is 0 Å². The summed E-state index contributed by atoms with van der Waals surface area (Å²) >= 11 is 0. The molecule has 8 heteroatoms. The van der Waals surface area contributed by atoms with Crippen molar-refractivity contribution >= 4 is 21.9 Å². The molecule has 0 aromatic heterocycles. The average Bonchev–Trinajstić information content (AvgIpc) is 3.15. The van der Waals surface area contributed by atoms with Gasteiger partial charge >= 0.3 is 5.97 Å². The lowest BCUT2D eigenvalue weighted by atomic mass is 9.82. The molecule has 3 rings (SSSR count). The Balaban J connectivity index is 1.56. The number of rotatable bonds is 6. The van der Waals surface area contributed by atoms with Crippen molar-refractivity contribution in [1.29, 1.82) is 0 Å². The lowest BCUT2D eigenvalue weighted by Gasteiger charge is -2.23. The van der Waals surface area contributed by atoms with Gasteiger partial charge in [0.1, 0.15) is 0 Å². The fourth-order valence-electron chi connectivity index (χ4n) is 3.81. The van der Waals surface area contributed by atoms with E-state index in [1.807, 2.05) is 12.2 Å². The van der Waals surface area contributed by atoms with Crippen LogP contribution in [0.5, 0.6) is 0 Å². The number of primary sulfonamides is 1. The number of aliphatic carboxylic acids is 1. The van der Waals surface area contributed by atoms with Gasteiger partial charge in [0.15, 0.2) is 0 Å². The Bertz CT molecular complexity index is 816. The highest BCUT2D eigenvalue weighted by atomic mass is 32.2. The van der Waals surface area contributed by atoms with E-state index in [1.54, 1.807) is 12.1 Å². The minimum absolute atomic E-state index is 0.000134. The summed E-state index contributed by atoms with van der Waals surface area (Å²) in [6, 6.07) is 6.14. The highest BCUT2D eigenvalue weighted by Crippen LogP contribution is 2.48. The smallest absolute Gasteiger partial charge is 0.307 e. The first-order valence-electron chi connectivity index (χ1n) is 8.08. The molecule has 134 valence electrons. The standard InChI is InChI=1S/C17H20N2O5S/c18-25(23,24)13-5-1-10(2-6-13)7-8-19-16(20)14-11-3-4-12(9-11)15(14)17(21)22/h1-6,11-12,14-15H,7-9H2,(H,19,20)(H,21,22)(H2,18,23,24)/t11-,12-,14+,15+/m0/s1. The topological polar surface area (TPSA) is 127 Å². The Kier molecular flexibility index (Phi) is 4.66. The van der Waals surface area contributed by atoms with Gasteiger partial charge in [0.2, 0.25) is 15.9 Å². The lowest BCUT2D eigenvalue weighted by Crippen LogP contribution is -2.40. The Morgan fingerprint density at radius 3 is 2.28 bits per heavy atom. The molecule has 1 aromatic carbocycles. The number of carboxylic acids is 1. The molecular weight excluding hydrogens is 344 g/mol. The minimum atomic E-state index is -3.72. The Morgan fingerprint density at radius 2 is 1.72 bits per heavy atom. The first-order chi connectivity index (χ1) is 11.8. The second kappa shape index (κ2) is 6.61. The summed E-state index contributed by atoms with van der Waals surface area (Å²) in [6.07, 6.45) is 5.09. The number of carbonyl (C=O) groups is 2. The predicted molar refractivity (Wildman–Crippen MR) is 89.9 cm³/mol. The van der Waals surface area contributed by atoms with Gasteiger partial charge in [-0.1, -0.05) is 24.3 Å². The average molecular weight is 364 g/mol. The molecule has 25 heavy (non-hydrogen) atoms. The Hall–Kier alpha value is -2.19. The summed E-state index contributed by atoms with van der Waals surface area (Å²) in [5, 5.41) is 17.2. The zero-order chi connectivity index (χ0) is 18.2. The van der Waals surface area contributed by atoms with Crippen LogP contribution in [-0.2, 0) is 26.0 Å². The highest BCUT2D eigenvalue weighted by Gasteiger charge is 2.51. The molecule has 0 heterocycles. The van der Waals surface area contributed by atoms with Crippen molar-refractivity contribution in [3.63, 3.8) is 0 Å². The number of nitrogens with two attached hydrogens (primary N) is 1. The molecule has 1 saturated carbocycles. The van der Waals surface area contributed by atoms with E-state index in [4.69, 9.17) is 5.14 Å². The number of amides is 1. The van der Waals surface area contributed by atoms with Gasteiger partial charge in [-0.05, 0) is 42.4 Å². The van der Waals surface area contributed by atoms with Crippen LogP contribution in [0.15, 0.2) is 41.3 Å². The number of carbonyl (C=O) groups excluding carboxylic acids is 1. The molecule has 4 N–H and O–H groups in total. The van der Waals surface area contributed by atoms with E-state index in [-0.39, 0.29) is 22.6 Å². The SMILES string of the molecule is NS(=O)(=O)c1ccc(CCNC(=O)[C@H]2[C@H](C(=O)O)[C@H]3C=C[C@H]2C3)cc1. The molecule has 2 aliphatic rings. The summed E-state index contributed by atoms with van der Waals surface area (Å²) < 4.78 is 22.4. The van der Waals surface area contributed by atoms with Crippen LogP contribution in [0.4, 0.5) is 0 Å². The van der Waals surface area contributed by atoms with Crippen molar-refractivity contribution in [1.82, 2.24) is 5.32 Å². The summed E-state index contributed by atoms with van der Waals surface area (Å²) in [7, 11) is -3.72. The fourth-order valence-corrected chi connectivity index (χ4v) is 4.33. The number of fused-ring (bicyclic) bond motifs is 2. The zero-order valence-corrected chi connectivity index (χ0v) is 14.3. The number of carboxylic acid groups (broad SMARTS) is 1. The molecule has 0 radical (unpaired) electrons. The third kappa shape index (κ3) is 3.59. The van der Waals surface area contributed by atoms with Crippen molar-refractivity contribution in [3.8, 4) is 0 Å². The van der Waals surface area contributed by atoms with Crippen LogP contribution in [0.1, 0.15) is 12.0 Å². The van der Waals surface area contributed by atoms with Crippen molar-refractivity contribution in [2.24, 2.45) is 28.8 Å². The monoisotopic (exact) mass is 364 g/mol. The van der Waals surface area contributed by atoms with E-state index in [2.05, 4.69) is 5.32 Å². The predicted octanol–water partition coefficient (Wildman–Crippen LogP) is 0.516. The second-order valence-electron chi connectivity index (χ2n) is 6.57. The molecule has 1 fully saturated rings. The molecule has 7 nitrogen and oxygen atoms in total. The summed E-state index contributed by atoms with van der Waals surface area (Å²) in [6.45, 7) is 0.359. The normalized spacial score (nSPS) is 27.4. The first-order valence-corrected chi connectivity index (χ1v) is 9.62. The quantitative estimate of drug-likeness (QED) is 0.634. The van der Waals surface area contributed by atoms with E-state index in [0.29, 0.717) is 13.0 Å². The second-order valence-corrected chi connectivity index (χ2v) is 8.13. The number of hydrogen-bond acceptors (Lipinski definition) is 4. The van der Waals surface area contributed by atoms with E-state index in [1.165, 1.54) is 12.1 Å². The maximum absolute atomic E-state index is 12.4. The van der Waals surface area contributed by atoms with Gasteiger partial charge in [-0.3, -0.25) is 9.59 Å². The number of benzene rings is 1. The lowest BCUT2D eigenvalue weighted by molar-refractivity contribution is -0.147. The minimum Gasteiger partial charge on any atom is -0.481 e. The van der Waals surface area contributed by atoms with Gasteiger partial charge in [-0.25, -0.2) is 13.6 Å². The van der Waals surface area contributed by atoms with E-state index >= 15 is 0 Å². The molecular formula is C17H20N2O5S. The maximum atomic E-state index is 12.4. The summed E-state index contributed by atoms with van der Waals surface area (Å²) in [5.74, 6) is -2.37. The van der Waals surface area contributed by atoms with Gasteiger partial charge in [-0.2, -0.15) is 0 Å². The van der Waals surface area contributed by atoms with Crippen molar-refractivity contribution in [2.45, 2.75) is 17.7 Å². The Labute approximate surface area is 146 Å². The summed E-state index contributed by atoms with van der Waals surface area (Å²) in [4.78, 5) is 23.9. The molecule has 1 aromatic rings. The molecule has 4 atom stereocenters. The fraction of sp³-hybridized carbons (Fsp3) is 0.412. The molecule has 1 amide bonds. The highest BCUT2D eigenvalue weighted by molar-refractivity contribution is 7.89. The molecule has 0 spiro atoms. The van der Waals surface area contributed by atoms with Gasteiger partial charge in [0.25, 0.3) is 0 Å². The van der Waals surface area contributed by atoms with Crippen LogP contribution >= 0.6 is 0 Å². The van der Waals surface area contributed by atoms with Gasteiger partial charge in [0.05, 0.1) is 16.7 Å². The number of nitrogens with one attached hydrogen (secondary N) is 1. The van der Waals surface area contributed by atoms with Crippen LogP contribution in [0.3, 0.4) is 0 Å². The molecule has 0 aliphatic heterocycles. The van der Waals surface area contributed by atoms with Gasteiger partial charge in [-0.15, -0.1) is 0 Å². The Morgan fingerprint density at radius 1 is 1.12 bits per heavy atom. The van der Waals surface area contributed by atoms with E-state index in [9.17, 15) is 23.1 Å². The van der Waals surface area contributed by atoms with E-state index in [0.717, 1.165) is 12.0 Å². The van der Waals surface area contributed by atoms with Crippen LogP contribution in [0, 0.1) is 23.7 Å². The van der Waals surface area contributed by atoms with Crippen LogP contribution in [0.25, 0.3) is 0 Å². The van der Waals surface area contributed by atoms with Crippen LogP contribution < -0.4 is 10.5 Å². The van der Waals surface area contributed by atoms with Crippen molar-refractivity contribution < 1.29 is 23.1 Å². The number of sulfonamides is 1. The van der Waals surface area contributed by atoms with Gasteiger partial charge < -0.3 is 10.4 Å². The van der Waals surface area contributed by atoms with Crippen molar-refractivity contribution in [2.75, 3.05) is 6.54 Å². The number of hydrogen-bond donors (Lipinski definition) is 3. The largest absolute Gasteiger partial charge is 0.481 e. The number of allylic oxidation sites excluding steroid dienone is 2.